The van der Waals surface area contributed by atoms with E-state index in [9.17, 15) is 17.6 Å². The first-order valence-electron chi connectivity index (χ1n) is 6.64. The number of rotatable bonds is 3. The van der Waals surface area contributed by atoms with Gasteiger partial charge < -0.3 is 5.32 Å². The van der Waals surface area contributed by atoms with Gasteiger partial charge in [0, 0.05) is 32.2 Å². The highest BCUT2D eigenvalue weighted by Crippen LogP contribution is 2.34. The number of halogens is 4. The van der Waals surface area contributed by atoms with Crippen molar-refractivity contribution >= 4 is 0 Å². The third kappa shape index (κ3) is 3.93. The average molecular weight is 290 g/mol. The van der Waals surface area contributed by atoms with Crippen molar-refractivity contribution in [1.82, 2.24) is 10.2 Å². The maximum atomic E-state index is 13.6. The summed E-state index contributed by atoms with van der Waals surface area (Å²) >= 11 is 0. The van der Waals surface area contributed by atoms with Crippen molar-refractivity contribution in [3.05, 3.63) is 35.1 Å². The summed E-state index contributed by atoms with van der Waals surface area (Å²) in [5.74, 6) is -0.454. The Morgan fingerprint density at radius 3 is 2.45 bits per heavy atom. The first-order chi connectivity index (χ1) is 9.37. The molecule has 0 aliphatic carbocycles. The van der Waals surface area contributed by atoms with Gasteiger partial charge in [-0.3, -0.25) is 4.90 Å². The van der Waals surface area contributed by atoms with Crippen LogP contribution in [0, 0.1) is 12.7 Å². The highest BCUT2D eigenvalue weighted by atomic mass is 19.4. The number of aryl methyl sites for hydroxylation is 1. The standard InChI is InChI=1S/C14H18F4N2/c1-10-2-3-11(8-12(10)15)13(9-14(16,17)18)20-6-4-19-5-7-20/h2-3,8,13,19H,4-7,9H2,1H3/t13-/m1/s1. The zero-order valence-electron chi connectivity index (χ0n) is 11.3. The van der Waals surface area contributed by atoms with E-state index >= 15 is 0 Å². The Hall–Kier alpha value is -1.14. The Labute approximate surface area is 115 Å². The minimum Gasteiger partial charge on any atom is -0.314 e. The van der Waals surface area contributed by atoms with Crippen molar-refractivity contribution in [2.45, 2.75) is 25.6 Å². The minimum atomic E-state index is -4.27. The molecule has 0 amide bonds. The number of benzene rings is 1. The van der Waals surface area contributed by atoms with Crippen LogP contribution in [0.5, 0.6) is 0 Å². The van der Waals surface area contributed by atoms with E-state index in [4.69, 9.17) is 0 Å². The lowest BCUT2D eigenvalue weighted by Crippen LogP contribution is -2.46. The van der Waals surface area contributed by atoms with Gasteiger partial charge in [0.1, 0.15) is 5.82 Å². The van der Waals surface area contributed by atoms with Gasteiger partial charge in [-0.1, -0.05) is 12.1 Å². The summed E-state index contributed by atoms with van der Waals surface area (Å²) in [5.41, 5.74) is 0.840. The summed E-state index contributed by atoms with van der Waals surface area (Å²) in [5, 5.41) is 3.11. The van der Waals surface area contributed by atoms with E-state index < -0.39 is 24.5 Å². The van der Waals surface area contributed by atoms with E-state index in [1.807, 2.05) is 0 Å². The van der Waals surface area contributed by atoms with Gasteiger partial charge in [0.15, 0.2) is 0 Å². The van der Waals surface area contributed by atoms with E-state index in [0.29, 0.717) is 37.3 Å². The highest BCUT2D eigenvalue weighted by molar-refractivity contribution is 5.26. The van der Waals surface area contributed by atoms with Crippen LogP contribution in [0.1, 0.15) is 23.6 Å². The normalized spacial score (nSPS) is 19.1. The van der Waals surface area contributed by atoms with Gasteiger partial charge in [-0.15, -0.1) is 0 Å². The molecule has 2 nitrogen and oxygen atoms in total. The van der Waals surface area contributed by atoms with Crippen LogP contribution in [0.25, 0.3) is 0 Å². The second kappa shape index (κ2) is 6.10. The molecule has 1 aromatic carbocycles. The van der Waals surface area contributed by atoms with Crippen LogP contribution in [0.15, 0.2) is 18.2 Å². The third-order valence-electron chi connectivity index (χ3n) is 3.60. The molecule has 112 valence electrons. The van der Waals surface area contributed by atoms with Crippen LogP contribution in [0.4, 0.5) is 17.6 Å². The van der Waals surface area contributed by atoms with Crippen molar-refractivity contribution in [2.24, 2.45) is 0 Å². The molecule has 1 aliphatic rings. The molecule has 0 unspecified atom stereocenters. The molecular weight excluding hydrogens is 272 g/mol. The summed E-state index contributed by atoms with van der Waals surface area (Å²) in [6.45, 7) is 3.99. The van der Waals surface area contributed by atoms with Crippen molar-refractivity contribution in [3.8, 4) is 0 Å². The van der Waals surface area contributed by atoms with E-state index in [-0.39, 0.29) is 0 Å². The fraction of sp³-hybridized carbons (Fsp3) is 0.571. The van der Waals surface area contributed by atoms with Gasteiger partial charge in [-0.2, -0.15) is 13.2 Å². The molecule has 6 heteroatoms. The lowest BCUT2D eigenvalue weighted by atomic mass is 9.99. The van der Waals surface area contributed by atoms with Crippen LogP contribution in [0.3, 0.4) is 0 Å². The van der Waals surface area contributed by atoms with Gasteiger partial charge >= 0.3 is 6.18 Å². The van der Waals surface area contributed by atoms with Crippen LogP contribution >= 0.6 is 0 Å². The first kappa shape index (κ1) is 15.3. The van der Waals surface area contributed by atoms with Crippen LogP contribution < -0.4 is 5.32 Å². The Kier molecular flexibility index (Phi) is 4.65. The van der Waals surface area contributed by atoms with Crippen molar-refractivity contribution < 1.29 is 17.6 Å². The summed E-state index contributed by atoms with van der Waals surface area (Å²) < 4.78 is 52.0. The molecule has 0 saturated carbocycles. The molecule has 1 saturated heterocycles. The summed E-state index contributed by atoms with van der Waals surface area (Å²) in [6.07, 6.45) is -5.22. The van der Waals surface area contributed by atoms with Gasteiger partial charge in [-0.05, 0) is 24.1 Å². The number of alkyl halides is 3. The first-order valence-corrected chi connectivity index (χ1v) is 6.64. The molecule has 1 fully saturated rings. The topological polar surface area (TPSA) is 15.3 Å². The van der Waals surface area contributed by atoms with Crippen LogP contribution in [-0.2, 0) is 0 Å². The highest BCUT2D eigenvalue weighted by Gasteiger charge is 2.36. The monoisotopic (exact) mass is 290 g/mol. The third-order valence-corrected chi connectivity index (χ3v) is 3.60. The van der Waals surface area contributed by atoms with Crippen molar-refractivity contribution in [1.29, 1.82) is 0 Å². The Bertz CT molecular complexity index is 453. The number of nitrogens with one attached hydrogen (secondary N) is 1. The van der Waals surface area contributed by atoms with E-state index in [2.05, 4.69) is 5.32 Å². The number of piperazine rings is 1. The van der Waals surface area contributed by atoms with Gasteiger partial charge in [0.25, 0.3) is 0 Å². The van der Waals surface area contributed by atoms with Gasteiger partial charge in [0.2, 0.25) is 0 Å². The molecule has 0 aromatic heterocycles. The minimum absolute atomic E-state index is 0.396. The van der Waals surface area contributed by atoms with Crippen molar-refractivity contribution in [2.75, 3.05) is 26.2 Å². The summed E-state index contributed by atoms with van der Waals surface area (Å²) in [7, 11) is 0. The summed E-state index contributed by atoms with van der Waals surface area (Å²) in [4.78, 5) is 1.77. The Morgan fingerprint density at radius 1 is 1.25 bits per heavy atom. The SMILES string of the molecule is Cc1ccc([C@@H](CC(F)(F)F)N2CCNCC2)cc1F. The number of nitrogens with zero attached hydrogens (tertiary/aromatic N) is 1. The predicted octanol–water partition coefficient (Wildman–Crippen LogP) is 3.03. The fourth-order valence-corrected chi connectivity index (χ4v) is 2.49. The molecule has 0 bridgehead atoms. The second-order valence-corrected chi connectivity index (χ2v) is 5.13. The quantitative estimate of drug-likeness (QED) is 0.861. The molecule has 0 radical (unpaired) electrons. The molecule has 1 heterocycles. The van der Waals surface area contributed by atoms with Crippen molar-refractivity contribution in [3.63, 3.8) is 0 Å². The maximum absolute atomic E-state index is 13.6. The maximum Gasteiger partial charge on any atom is 0.390 e. The van der Waals surface area contributed by atoms with Crippen LogP contribution in [0.2, 0.25) is 0 Å². The van der Waals surface area contributed by atoms with Gasteiger partial charge in [-0.25, -0.2) is 4.39 Å². The largest absolute Gasteiger partial charge is 0.390 e. The number of hydrogen-bond donors (Lipinski definition) is 1. The molecule has 20 heavy (non-hydrogen) atoms. The molecule has 1 atom stereocenters. The molecular formula is C14H18F4N2. The molecule has 2 rings (SSSR count). The molecule has 1 aliphatic heterocycles. The lowest BCUT2D eigenvalue weighted by Gasteiger charge is -2.35. The lowest BCUT2D eigenvalue weighted by molar-refractivity contribution is -0.148. The summed E-state index contributed by atoms with van der Waals surface area (Å²) in [6, 6.07) is 3.55. The van der Waals surface area contributed by atoms with E-state index in [1.165, 1.54) is 12.1 Å². The Morgan fingerprint density at radius 2 is 1.90 bits per heavy atom. The molecule has 1 N–H and O–H groups in total. The van der Waals surface area contributed by atoms with E-state index in [0.717, 1.165) is 0 Å². The predicted molar refractivity (Wildman–Crippen MR) is 69.0 cm³/mol. The molecule has 1 aromatic rings. The molecule has 0 spiro atoms. The smallest absolute Gasteiger partial charge is 0.314 e. The van der Waals surface area contributed by atoms with E-state index in [1.54, 1.807) is 17.9 Å². The Balaban J connectivity index is 2.26. The number of hydrogen-bond acceptors (Lipinski definition) is 2. The zero-order valence-corrected chi connectivity index (χ0v) is 11.3. The second-order valence-electron chi connectivity index (χ2n) is 5.13. The zero-order chi connectivity index (χ0) is 14.8. The van der Waals surface area contributed by atoms with Gasteiger partial charge in [0.05, 0.1) is 6.42 Å². The average Bonchev–Trinajstić information content (AvgIpc) is 2.39. The fourth-order valence-electron chi connectivity index (χ4n) is 2.49. The van der Waals surface area contributed by atoms with Crippen LogP contribution in [-0.4, -0.2) is 37.3 Å².